The Hall–Kier alpha value is -4.75. The number of rotatable bonds is 6. The maximum absolute atomic E-state index is 14.0. The van der Waals surface area contributed by atoms with Gasteiger partial charge < -0.3 is 35.2 Å². The summed E-state index contributed by atoms with van der Waals surface area (Å²) < 4.78 is 10.8. The van der Waals surface area contributed by atoms with Gasteiger partial charge in [0.2, 0.25) is 23.6 Å². The van der Waals surface area contributed by atoms with Gasteiger partial charge in [-0.1, -0.05) is 70.5 Å². The van der Waals surface area contributed by atoms with Gasteiger partial charge in [-0.05, 0) is 56.9 Å². The average Bonchev–Trinajstić information content (AvgIpc) is 3.11. The molecule has 0 saturated heterocycles. The smallest absolute Gasteiger partial charge is 0.334 e. The van der Waals surface area contributed by atoms with Crippen LogP contribution >= 0.6 is 0 Å². The van der Waals surface area contributed by atoms with Crippen molar-refractivity contribution >= 4 is 41.5 Å². The topological polar surface area (TPSA) is 181 Å². The number of benzene rings is 1. The number of amides is 5. The third-order valence-electron chi connectivity index (χ3n) is 8.94. The van der Waals surface area contributed by atoms with Gasteiger partial charge in [-0.15, -0.1) is 0 Å². The van der Waals surface area contributed by atoms with E-state index < -0.39 is 78.8 Å². The molecule has 5 amide bonds. The van der Waals surface area contributed by atoms with Crippen LogP contribution in [0.15, 0.2) is 42.0 Å². The lowest BCUT2D eigenvalue weighted by atomic mass is 9.98. The number of hydrogen-bond acceptors (Lipinski definition) is 9. The van der Waals surface area contributed by atoms with Gasteiger partial charge in [-0.3, -0.25) is 28.8 Å². The van der Waals surface area contributed by atoms with E-state index in [-0.39, 0.29) is 31.3 Å². The molecule has 1 heterocycles. The molecular formula is C38H57N5O9. The monoisotopic (exact) mass is 727 g/mol. The lowest BCUT2D eigenvalue weighted by molar-refractivity contribution is -0.154. The standard InChI is InChI=1S/C38H57N5O9/c1-9-25(4)33-35(47)39-22-32(45)51-19-15-11-12-16-26(5)38(50)52-30(20-24(2)3)34(46)40-27(6)36(48)43(8)29(21-28-17-13-10-14-18-28)37(49)42(7)23-31(44)41-33/h10,13-14,16-18,24-25,27,29-30,33H,9,11-12,15,19-23H2,1-8H3,(H,39,47)(H,40,46)(H,41,44)/b26-16+/t25?,27-,29+,30+,33?/m0/s1. The molecule has 14 heteroatoms. The predicted octanol–water partition coefficient (Wildman–Crippen LogP) is 2.30. The molecule has 14 nitrogen and oxygen atoms in total. The van der Waals surface area contributed by atoms with E-state index in [1.165, 1.54) is 30.8 Å². The lowest BCUT2D eigenvalue weighted by Crippen LogP contribution is -2.57. The van der Waals surface area contributed by atoms with Crippen molar-refractivity contribution in [1.82, 2.24) is 25.8 Å². The number of nitrogens with one attached hydrogen (secondary N) is 3. The molecule has 1 aliphatic rings. The molecule has 0 bridgehead atoms. The number of allylic oxidation sites excluding steroid dienone is 1. The summed E-state index contributed by atoms with van der Waals surface area (Å²) in [6.45, 7) is 9.77. The molecule has 5 atom stereocenters. The van der Waals surface area contributed by atoms with E-state index in [4.69, 9.17) is 9.47 Å². The van der Waals surface area contributed by atoms with Crippen LogP contribution in [0.4, 0.5) is 0 Å². The van der Waals surface area contributed by atoms with Gasteiger partial charge in [0, 0.05) is 26.1 Å². The first-order chi connectivity index (χ1) is 24.5. The summed E-state index contributed by atoms with van der Waals surface area (Å²) >= 11 is 0. The zero-order chi connectivity index (χ0) is 39.0. The number of carbonyl (C=O) groups excluding carboxylic acids is 7. The van der Waals surface area contributed by atoms with E-state index in [9.17, 15) is 33.6 Å². The molecule has 0 aliphatic carbocycles. The summed E-state index contributed by atoms with van der Waals surface area (Å²) in [5, 5.41) is 7.90. The molecule has 0 spiro atoms. The van der Waals surface area contributed by atoms with Gasteiger partial charge in [0.25, 0.3) is 5.91 Å². The summed E-state index contributed by atoms with van der Waals surface area (Å²) in [7, 11) is 2.88. The molecular weight excluding hydrogens is 670 g/mol. The quantitative estimate of drug-likeness (QED) is 0.371. The number of nitrogens with zero attached hydrogens (tertiary/aromatic N) is 2. The van der Waals surface area contributed by atoms with Crippen molar-refractivity contribution in [2.75, 3.05) is 33.8 Å². The Labute approximate surface area is 307 Å². The SMILES string of the molecule is CCC(C)C1NC(=O)CN(C)C(=O)[C@@H](Cc2ccccc2)N(C)C(=O)[C@H](C)NC(=O)[C@@H](CC(C)C)OC(=O)/C(C)=C/CCCCOC(=O)CNC1=O. The Bertz CT molecular complexity index is 1430. The summed E-state index contributed by atoms with van der Waals surface area (Å²) in [6, 6.07) is 5.91. The second kappa shape index (κ2) is 21.6. The van der Waals surface area contributed by atoms with Gasteiger partial charge in [-0.25, -0.2) is 4.79 Å². The van der Waals surface area contributed by atoms with E-state index >= 15 is 0 Å². The molecule has 0 aromatic heterocycles. The third kappa shape index (κ3) is 14.1. The number of cyclic esters (lactones) is 2. The van der Waals surface area contributed by atoms with Crippen LogP contribution in [-0.4, -0.2) is 109 Å². The molecule has 0 fully saturated rings. The van der Waals surface area contributed by atoms with Gasteiger partial charge in [0.15, 0.2) is 6.10 Å². The van der Waals surface area contributed by atoms with Crippen LogP contribution in [0.2, 0.25) is 0 Å². The molecule has 3 N–H and O–H groups in total. The minimum Gasteiger partial charge on any atom is -0.464 e. The summed E-state index contributed by atoms with van der Waals surface area (Å²) in [5.74, 6) is -4.56. The molecule has 0 saturated carbocycles. The first-order valence-corrected chi connectivity index (χ1v) is 18.0. The highest BCUT2D eigenvalue weighted by Gasteiger charge is 2.35. The highest BCUT2D eigenvalue weighted by atomic mass is 16.5. The first kappa shape index (κ1) is 43.4. The second-order valence-corrected chi connectivity index (χ2v) is 13.9. The van der Waals surface area contributed by atoms with Crippen LogP contribution in [0.1, 0.15) is 79.2 Å². The molecule has 2 unspecified atom stereocenters. The number of ether oxygens (including phenoxy) is 2. The second-order valence-electron chi connectivity index (χ2n) is 13.9. The van der Waals surface area contributed by atoms with E-state index in [0.29, 0.717) is 31.3 Å². The Morgan fingerprint density at radius 2 is 1.58 bits per heavy atom. The van der Waals surface area contributed by atoms with Crippen molar-refractivity contribution in [3.05, 3.63) is 47.5 Å². The average molecular weight is 728 g/mol. The van der Waals surface area contributed by atoms with E-state index in [0.717, 1.165) is 5.56 Å². The van der Waals surface area contributed by atoms with Gasteiger partial charge in [0.1, 0.15) is 24.7 Å². The maximum atomic E-state index is 14.0. The zero-order valence-electron chi connectivity index (χ0n) is 31.9. The van der Waals surface area contributed by atoms with Crippen LogP contribution in [-0.2, 0) is 49.5 Å². The summed E-state index contributed by atoms with van der Waals surface area (Å²) in [4.78, 5) is 95.2. The highest BCUT2D eigenvalue weighted by Crippen LogP contribution is 2.16. The highest BCUT2D eigenvalue weighted by molar-refractivity contribution is 5.96. The molecule has 1 aromatic rings. The number of hydrogen-bond donors (Lipinski definition) is 3. The Morgan fingerprint density at radius 3 is 2.21 bits per heavy atom. The van der Waals surface area contributed by atoms with Crippen molar-refractivity contribution in [2.45, 2.75) is 104 Å². The Balaban J connectivity index is 2.43. The van der Waals surface area contributed by atoms with Crippen LogP contribution < -0.4 is 16.0 Å². The fourth-order valence-corrected chi connectivity index (χ4v) is 5.54. The minimum atomic E-state index is -1.17. The first-order valence-electron chi connectivity index (χ1n) is 18.0. The Morgan fingerprint density at radius 1 is 0.904 bits per heavy atom. The summed E-state index contributed by atoms with van der Waals surface area (Å²) in [6.07, 6.45) is 2.98. The third-order valence-corrected chi connectivity index (χ3v) is 8.94. The minimum absolute atomic E-state index is 0.0149. The van der Waals surface area contributed by atoms with Crippen LogP contribution in [0.3, 0.4) is 0 Å². The molecule has 1 aliphatic heterocycles. The van der Waals surface area contributed by atoms with Gasteiger partial charge in [0.05, 0.1) is 13.2 Å². The lowest BCUT2D eigenvalue weighted by Gasteiger charge is -2.33. The van der Waals surface area contributed by atoms with Crippen molar-refractivity contribution in [3.8, 4) is 0 Å². The molecule has 0 radical (unpaired) electrons. The van der Waals surface area contributed by atoms with Crippen molar-refractivity contribution in [2.24, 2.45) is 11.8 Å². The van der Waals surface area contributed by atoms with E-state index in [2.05, 4.69) is 16.0 Å². The Kier molecular flexibility index (Phi) is 18.0. The number of carbonyl (C=O) groups is 7. The van der Waals surface area contributed by atoms with Crippen molar-refractivity contribution < 1.29 is 43.0 Å². The van der Waals surface area contributed by atoms with Gasteiger partial charge >= 0.3 is 11.9 Å². The molecule has 52 heavy (non-hydrogen) atoms. The number of esters is 2. The van der Waals surface area contributed by atoms with Crippen LogP contribution in [0.25, 0.3) is 0 Å². The molecule has 288 valence electrons. The van der Waals surface area contributed by atoms with Crippen LogP contribution in [0, 0.1) is 11.8 Å². The van der Waals surface area contributed by atoms with E-state index in [1.54, 1.807) is 32.1 Å². The van der Waals surface area contributed by atoms with E-state index in [1.807, 2.05) is 39.0 Å². The fraction of sp³-hybridized carbons (Fsp3) is 0.605. The zero-order valence-corrected chi connectivity index (χ0v) is 31.9. The van der Waals surface area contributed by atoms with Crippen molar-refractivity contribution in [3.63, 3.8) is 0 Å². The molecule has 1 aromatic carbocycles. The maximum Gasteiger partial charge on any atom is 0.334 e. The van der Waals surface area contributed by atoms with Gasteiger partial charge in [-0.2, -0.15) is 0 Å². The fourth-order valence-electron chi connectivity index (χ4n) is 5.54. The van der Waals surface area contributed by atoms with Crippen LogP contribution in [0.5, 0.6) is 0 Å². The largest absolute Gasteiger partial charge is 0.464 e. The normalized spacial score (nSPS) is 24.9. The van der Waals surface area contributed by atoms with Crippen molar-refractivity contribution in [1.29, 1.82) is 0 Å². The summed E-state index contributed by atoms with van der Waals surface area (Å²) in [5.41, 5.74) is 1.06. The number of likely N-dealkylation sites (N-methyl/N-ethyl adjacent to an activating group) is 2. The predicted molar refractivity (Wildman–Crippen MR) is 194 cm³/mol. The molecule has 2 rings (SSSR count).